The van der Waals surface area contributed by atoms with Crippen molar-refractivity contribution in [3.63, 3.8) is 0 Å². The van der Waals surface area contributed by atoms with Crippen molar-refractivity contribution >= 4 is 17.3 Å². The highest BCUT2D eigenvalue weighted by Gasteiger charge is 2.36. The van der Waals surface area contributed by atoms with Gasteiger partial charge in [0, 0.05) is 11.3 Å². The van der Waals surface area contributed by atoms with Crippen molar-refractivity contribution in [3.8, 4) is 17.1 Å². The first-order valence-corrected chi connectivity index (χ1v) is 12.1. The van der Waals surface area contributed by atoms with Crippen molar-refractivity contribution in [1.29, 1.82) is 0 Å². The van der Waals surface area contributed by atoms with Gasteiger partial charge in [0.1, 0.15) is 11.6 Å². The second-order valence-corrected chi connectivity index (χ2v) is 8.92. The summed E-state index contributed by atoms with van der Waals surface area (Å²) >= 11 is 0. The number of aromatic nitrogens is 2. The van der Waals surface area contributed by atoms with E-state index in [9.17, 15) is 9.18 Å². The van der Waals surface area contributed by atoms with Gasteiger partial charge in [-0.2, -0.15) is 4.98 Å². The Bertz CT molecular complexity index is 1480. The molecule has 1 N–H and O–H groups in total. The van der Waals surface area contributed by atoms with E-state index in [0.717, 1.165) is 28.1 Å². The second kappa shape index (κ2) is 9.89. The van der Waals surface area contributed by atoms with Crippen LogP contribution in [0.1, 0.15) is 42.5 Å². The van der Waals surface area contributed by atoms with E-state index in [4.69, 9.17) is 9.26 Å². The van der Waals surface area contributed by atoms with Crippen LogP contribution in [-0.2, 0) is 0 Å². The molecule has 0 spiro atoms. The zero-order valence-electron chi connectivity index (χ0n) is 21.1. The van der Waals surface area contributed by atoms with Crippen LogP contribution in [0.25, 0.3) is 17.0 Å². The lowest BCUT2D eigenvalue weighted by Gasteiger charge is -2.35. The maximum Gasteiger partial charge on any atom is 0.326 e. The molecule has 0 saturated heterocycles. The van der Waals surface area contributed by atoms with Crippen LogP contribution in [0.4, 0.5) is 14.9 Å². The molecule has 0 saturated carbocycles. The maximum absolute atomic E-state index is 13.7. The molecule has 0 fully saturated rings. The Labute approximate surface area is 214 Å². The van der Waals surface area contributed by atoms with Crippen molar-refractivity contribution in [3.05, 3.63) is 101 Å². The van der Waals surface area contributed by atoms with Crippen LogP contribution in [0.3, 0.4) is 0 Å². The Morgan fingerprint density at radius 2 is 1.73 bits per heavy atom. The number of nitrogens with zero attached hydrogens (tertiary/aromatic N) is 3. The van der Waals surface area contributed by atoms with Crippen LogP contribution >= 0.6 is 0 Å². The Hall–Kier alpha value is -4.46. The van der Waals surface area contributed by atoms with Gasteiger partial charge < -0.3 is 14.6 Å². The summed E-state index contributed by atoms with van der Waals surface area (Å²) in [4.78, 5) is 19.6. The summed E-state index contributed by atoms with van der Waals surface area (Å²) in [6.07, 6.45) is 0. The predicted molar refractivity (Wildman–Crippen MR) is 140 cm³/mol. The lowest BCUT2D eigenvalue weighted by molar-refractivity contribution is 0.244. The molecular formula is C29H27FN4O3. The van der Waals surface area contributed by atoms with E-state index in [1.165, 1.54) is 12.1 Å². The second-order valence-electron chi connectivity index (χ2n) is 8.92. The predicted octanol–water partition coefficient (Wildman–Crippen LogP) is 6.59. The molecule has 5 rings (SSSR count). The third kappa shape index (κ3) is 4.70. The van der Waals surface area contributed by atoms with Gasteiger partial charge in [0.25, 0.3) is 5.89 Å². The van der Waals surface area contributed by atoms with Crippen LogP contribution in [0, 0.1) is 19.7 Å². The van der Waals surface area contributed by atoms with E-state index >= 15 is 0 Å². The number of carbonyl (C=O) groups is 1. The van der Waals surface area contributed by atoms with Gasteiger partial charge in [-0.1, -0.05) is 23.4 Å². The fourth-order valence-electron chi connectivity index (χ4n) is 4.42. The molecule has 1 aromatic heterocycles. The quantitative estimate of drug-likeness (QED) is 0.324. The lowest BCUT2D eigenvalue weighted by Crippen LogP contribution is -2.46. The summed E-state index contributed by atoms with van der Waals surface area (Å²) in [5, 5.41) is 7.25. The third-order valence-electron chi connectivity index (χ3n) is 6.52. The average molecular weight is 499 g/mol. The van der Waals surface area contributed by atoms with E-state index in [1.807, 2.05) is 70.2 Å². The lowest BCUT2D eigenvalue weighted by atomic mass is 9.94. The van der Waals surface area contributed by atoms with Crippen LogP contribution in [0.2, 0.25) is 0 Å². The maximum atomic E-state index is 13.7. The molecule has 1 aliphatic heterocycles. The Morgan fingerprint density at radius 3 is 2.41 bits per heavy atom. The Balaban J connectivity index is 1.61. The van der Waals surface area contributed by atoms with Gasteiger partial charge in [0.15, 0.2) is 0 Å². The van der Waals surface area contributed by atoms with Crippen LogP contribution in [0.15, 0.2) is 77.0 Å². The molecule has 0 aliphatic carbocycles. The fraction of sp³-hybridized carbons (Fsp3) is 0.207. The first-order valence-electron chi connectivity index (χ1n) is 12.1. The van der Waals surface area contributed by atoms with Gasteiger partial charge in [-0.25, -0.2) is 9.18 Å². The molecule has 188 valence electrons. The fourth-order valence-corrected chi connectivity index (χ4v) is 4.42. The first-order chi connectivity index (χ1) is 17.9. The number of nitrogens with one attached hydrogen (secondary N) is 1. The highest BCUT2D eigenvalue weighted by atomic mass is 19.1. The number of amides is 2. The molecule has 2 amide bonds. The van der Waals surface area contributed by atoms with Gasteiger partial charge in [-0.05, 0) is 92.9 Å². The van der Waals surface area contributed by atoms with E-state index < -0.39 is 6.04 Å². The first kappa shape index (κ1) is 24.2. The summed E-state index contributed by atoms with van der Waals surface area (Å²) in [6, 6.07) is 18.4. The number of carbonyl (C=O) groups excluding carboxylic acids is 1. The average Bonchev–Trinajstić information content (AvgIpc) is 3.37. The molecule has 2 heterocycles. The molecule has 37 heavy (non-hydrogen) atoms. The number of hydrogen-bond acceptors (Lipinski definition) is 5. The van der Waals surface area contributed by atoms with Crippen LogP contribution in [0.5, 0.6) is 5.75 Å². The standard InChI is InChI=1S/C29H27FN4O3/c1-5-36-24-14-9-21(10-15-24)27-32-28(37-33-27)25-19(4)34(23-13-6-17(2)18(3)16-23)29(35)31-26(25)20-7-11-22(30)12-8-20/h6-16,26H,5H2,1-4H3,(H,31,35). The molecule has 1 unspecified atom stereocenters. The summed E-state index contributed by atoms with van der Waals surface area (Å²) in [6.45, 7) is 8.38. The topological polar surface area (TPSA) is 80.5 Å². The van der Waals surface area contributed by atoms with Crippen molar-refractivity contribution in [2.75, 3.05) is 11.5 Å². The minimum absolute atomic E-state index is 0.268. The number of anilines is 1. The number of allylic oxidation sites excluding steroid dienone is 1. The number of urea groups is 1. The monoisotopic (exact) mass is 498 g/mol. The van der Waals surface area contributed by atoms with Crippen molar-refractivity contribution < 1.29 is 18.4 Å². The minimum Gasteiger partial charge on any atom is -0.494 e. The minimum atomic E-state index is -0.607. The van der Waals surface area contributed by atoms with Gasteiger partial charge in [-0.3, -0.25) is 4.90 Å². The smallest absolute Gasteiger partial charge is 0.326 e. The highest BCUT2D eigenvalue weighted by Crippen LogP contribution is 2.39. The molecule has 7 nitrogen and oxygen atoms in total. The zero-order valence-corrected chi connectivity index (χ0v) is 21.1. The molecule has 3 aromatic carbocycles. The number of hydrogen-bond donors (Lipinski definition) is 1. The molecule has 1 aliphatic rings. The van der Waals surface area contributed by atoms with E-state index in [-0.39, 0.29) is 17.7 Å². The summed E-state index contributed by atoms with van der Waals surface area (Å²) in [5.41, 5.74) is 5.65. The normalized spacial score (nSPS) is 15.6. The number of rotatable bonds is 6. The summed E-state index contributed by atoms with van der Waals surface area (Å²) in [5.74, 6) is 1.07. The molecule has 0 radical (unpaired) electrons. The van der Waals surface area contributed by atoms with E-state index in [0.29, 0.717) is 29.3 Å². The van der Waals surface area contributed by atoms with Crippen molar-refractivity contribution in [2.24, 2.45) is 0 Å². The SMILES string of the molecule is CCOc1ccc(-c2noc(C3=C(C)N(c4ccc(C)c(C)c4)C(=O)NC3c3ccc(F)cc3)n2)cc1. The van der Waals surface area contributed by atoms with Gasteiger partial charge in [0.2, 0.25) is 5.82 Å². The molecule has 0 bridgehead atoms. The largest absolute Gasteiger partial charge is 0.494 e. The van der Waals surface area contributed by atoms with Gasteiger partial charge in [0.05, 0.1) is 23.9 Å². The third-order valence-corrected chi connectivity index (χ3v) is 6.52. The van der Waals surface area contributed by atoms with Crippen molar-refractivity contribution in [2.45, 2.75) is 33.7 Å². The molecule has 4 aromatic rings. The van der Waals surface area contributed by atoms with E-state index in [1.54, 1.807) is 17.0 Å². The van der Waals surface area contributed by atoms with Gasteiger partial charge in [-0.15, -0.1) is 0 Å². The number of benzene rings is 3. The highest BCUT2D eigenvalue weighted by molar-refractivity contribution is 6.01. The number of ether oxygens (including phenoxy) is 1. The Morgan fingerprint density at radius 1 is 1.00 bits per heavy atom. The summed E-state index contributed by atoms with van der Waals surface area (Å²) in [7, 11) is 0. The Kier molecular flexibility index (Phi) is 6.48. The molecule has 1 atom stereocenters. The molecule has 8 heteroatoms. The van der Waals surface area contributed by atoms with Crippen LogP contribution in [-0.4, -0.2) is 22.8 Å². The van der Waals surface area contributed by atoms with E-state index in [2.05, 4.69) is 15.5 Å². The zero-order chi connectivity index (χ0) is 26.1. The number of aryl methyl sites for hydroxylation is 2. The van der Waals surface area contributed by atoms with Gasteiger partial charge >= 0.3 is 6.03 Å². The van der Waals surface area contributed by atoms with Crippen molar-refractivity contribution in [1.82, 2.24) is 15.5 Å². The number of halogens is 1. The summed E-state index contributed by atoms with van der Waals surface area (Å²) < 4.78 is 25.0. The van der Waals surface area contributed by atoms with Crippen LogP contribution < -0.4 is 15.0 Å². The molecular weight excluding hydrogens is 471 g/mol.